The van der Waals surface area contributed by atoms with Crippen LogP contribution in [0.1, 0.15) is 21.7 Å². The van der Waals surface area contributed by atoms with Crippen molar-refractivity contribution in [2.24, 2.45) is 0 Å². The lowest BCUT2D eigenvalue weighted by atomic mass is 10.2. The van der Waals surface area contributed by atoms with Gasteiger partial charge in [0, 0.05) is 19.8 Å². The second-order valence-corrected chi connectivity index (χ2v) is 5.75. The van der Waals surface area contributed by atoms with Crippen molar-refractivity contribution in [3.8, 4) is 0 Å². The van der Waals surface area contributed by atoms with Crippen LogP contribution in [0, 0.1) is 0 Å². The number of nitrogens with one attached hydrogen (secondary N) is 1. The smallest absolute Gasteiger partial charge is 0.270 e. The molecule has 0 saturated carbocycles. The molecule has 1 aromatic carbocycles. The second kappa shape index (κ2) is 8.06. The van der Waals surface area contributed by atoms with E-state index in [0.29, 0.717) is 12.2 Å². The highest BCUT2D eigenvalue weighted by atomic mass is 16.1. The SMILES string of the molecule is CN(Cc1ccccc1)c1ccc(C(=O)NCc2ccccn2)nc1. The zero-order valence-electron chi connectivity index (χ0n) is 14.1. The molecule has 0 spiro atoms. The molecule has 5 heteroatoms. The van der Waals surface area contributed by atoms with Gasteiger partial charge in [-0.15, -0.1) is 0 Å². The highest BCUT2D eigenvalue weighted by Gasteiger charge is 2.09. The highest BCUT2D eigenvalue weighted by molar-refractivity contribution is 5.92. The number of amides is 1. The number of carbonyl (C=O) groups is 1. The molecule has 5 nitrogen and oxygen atoms in total. The van der Waals surface area contributed by atoms with Gasteiger partial charge in [-0.3, -0.25) is 9.78 Å². The third kappa shape index (κ3) is 4.64. The van der Waals surface area contributed by atoms with Crippen LogP contribution >= 0.6 is 0 Å². The molecule has 0 unspecified atom stereocenters. The molecule has 3 rings (SSSR count). The number of hydrogen-bond donors (Lipinski definition) is 1. The van der Waals surface area contributed by atoms with E-state index in [1.807, 2.05) is 49.5 Å². The Kier molecular flexibility index (Phi) is 5.36. The Morgan fingerprint density at radius 3 is 2.48 bits per heavy atom. The summed E-state index contributed by atoms with van der Waals surface area (Å²) in [5.41, 5.74) is 3.40. The Bertz CT molecular complexity index is 804. The summed E-state index contributed by atoms with van der Waals surface area (Å²) in [6, 6.07) is 19.5. The maximum absolute atomic E-state index is 12.2. The number of hydrogen-bond acceptors (Lipinski definition) is 4. The summed E-state index contributed by atoms with van der Waals surface area (Å²) in [6.45, 7) is 1.17. The molecule has 0 fully saturated rings. The Balaban J connectivity index is 1.58. The molecule has 3 aromatic rings. The van der Waals surface area contributed by atoms with Crippen LogP contribution in [-0.4, -0.2) is 22.9 Å². The van der Waals surface area contributed by atoms with Gasteiger partial charge < -0.3 is 10.2 Å². The second-order valence-electron chi connectivity index (χ2n) is 5.75. The Hall–Kier alpha value is -3.21. The number of anilines is 1. The molecule has 0 atom stereocenters. The number of nitrogens with zero attached hydrogens (tertiary/aromatic N) is 3. The minimum absolute atomic E-state index is 0.206. The van der Waals surface area contributed by atoms with E-state index in [4.69, 9.17) is 0 Å². The fourth-order valence-corrected chi connectivity index (χ4v) is 2.46. The summed E-state index contributed by atoms with van der Waals surface area (Å²) < 4.78 is 0. The quantitative estimate of drug-likeness (QED) is 0.754. The van der Waals surface area contributed by atoms with Crippen LogP contribution in [0.4, 0.5) is 5.69 Å². The van der Waals surface area contributed by atoms with Crippen LogP contribution in [0.3, 0.4) is 0 Å². The standard InChI is InChI=1S/C20H20N4O/c1-24(15-16-7-3-2-4-8-16)18-10-11-19(22-14-18)20(25)23-13-17-9-5-6-12-21-17/h2-12,14H,13,15H2,1H3,(H,23,25). The lowest BCUT2D eigenvalue weighted by Gasteiger charge is -2.19. The van der Waals surface area contributed by atoms with Crippen molar-refractivity contribution in [1.29, 1.82) is 0 Å². The molecule has 2 aromatic heterocycles. The van der Waals surface area contributed by atoms with Gasteiger partial charge in [0.2, 0.25) is 0 Å². The van der Waals surface area contributed by atoms with E-state index in [9.17, 15) is 4.79 Å². The van der Waals surface area contributed by atoms with Crippen molar-refractivity contribution >= 4 is 11.6 Å². The summed E-state index contributed by atoms with van der Waals surface area (Å²) in [5.74, 6) is -0.206. The minimum atomic E-state index is -0.206. The molecule has 0 aliphatic carbocycles. The summed E-state index contributed by atoms with van der Waals surface area (Å²) in [7, 11) is 2.00. The third-order valence-corrected chi connectivity index (χ3v) is 3.84. The summed E-state index contributed by atoms with van der Waals surface area (Å²) >= 11 is 0. The van der Waals surface area contributed by atoms with Gasteiger partial charge in [-0.2, -0.15) is 0 Å². The molecule has 2 heterocycles. The lowest BCUT2D eigenvalue weighted by molar-refractivity contribution is 0.0945. The summed E-state index contributed by atoms with van der Waals surface area (Å²) in [6.07, 6.45) is 3.43. The first-order chi connectivity index (χ1) is 12.2. The van der Waals surface area contributed by atoms with Crippen molar-refractivity contribution in [3.63, 3.8) is 0 Å². The average molecular weight is 332 g/mol. The molecule has 1 amide bonds. The van der Waals surface area contributed by atoms with Gasteiger partial charge in [0.05, 0.1) is 24.1 Å². The van der Waals surface area contributed by atoms with E-state index in [2.05, 4.69) is 32.3 Å². The predicted octanol–water partition coefficient (Wildman–Crippen LogP) is 3.04. The zero-order valence-corrected chi connectivity index (χ0v) is 14.1. The summed E-state index contributed by atoms with van der Waals surface area (Å²) in [4.78, 5) is 22.7. The highest BCUT2D eigenvalue weighted by Crippen LogP contribution is 2.14. The number of aromatic nitrogens is 2. The molecule has 1 N–H and O–H groups in total. The van der Waals surface area contributed by atoms with E-state index in [1.54, 1.807) is 18.5 Å². The Morgan fingerprint density at radius 2 is 1.80 bits per heavy atom. The monoisotopic (exact) mass is 332 g/mol. The van der Waals surface area contributed by atoms with Gasteiger partial charge in [0.1, 0.15) is 5.69 Å². The molecule has 126 valence electrons. The Morgan fingerprint density at radius 1 is 1.00 bits per heavy atom. The molecule has 0 aliphatic rings. The average Bonchev–Trinajstić information content (AvgIpc) is 2.68. The predicted molar refractivity (Wildman–Crippen MR) is 98.2 cm³/mol. The first-order valence-electron chi connectivity index (χ1n) is 8.11. The Labute approximate surface area is 147 Å². The van der Waals surface area contributed by atoms with Crippen LogP contribution < -0.4 is 10.2 Å². The number of benzene rings is 1. The molecule has 0 saturated heterocycles. The van der Waals surface area contributed by atoms with Crippen molar-refractivity contribution < 1.29 is 4.79 Å². The van der Waals surface area contributed by atoms with E-state index in [1.165, 1.54) is 5.56 Å². The first kappa shape index (κ1) is 16.6. The van der Waals surface area contributed by atoms with Crippen molar-refractivity contribution in [1.82, 2.24) is 15.3 Å². The molecule has 0 radical (unpaired) electrons. The van der Waals surface area contributed by atoms with Crippen LogP contribution in [0.2, 0.25) is 0 Å². The zero-order chi connectivity index (χ0) is 17.5. The van der Waals surface area contributed by atoms with Crippen LogP contribution in [0.5, 0.6) is 0 Å². The van der Waals surface area contributed by atoms with Gasteiger partial charge in [0.25, 0.3) is 5.91 Å². The fourth-order valence-electron chi connectivity index (χ4n) is 2.46. The van der Waals surface area contributed by atoms with E-state index >= 15 is 0 Å². The van der Waals surface area contributed by atoms with Gasteiger partial charge >= 0.3 is 0 Å². The van der Waals surface area contributed by atoms with E-state index < -0.39 is 0 Å². The number of pyridine rings is 2. The number of carbonyl (C=O) groups excluding carboxylic acids is 1. The molecule has 0 aliphatic heterocycles. The van der Waals surface area contributed by atoms with Crippen molar-refractivity contribution in [2.75, 3.05) is 11.9 Å². The van der Waals surface area contributed by atoms with E-state index in [-0.39, 0.29) is 5.91 Å². The largest absolute Gasteiger partial charge is 0.369 e. The van der Waals surface area contributed by atoms with Gasteiger partial charge in [-0.25, -0.2) is 4.98 Å². The molecular formula is C20H20N4O. The molecule has 0 bridgehead atoms. The van der Waals surface area contributed by atoms with Gasteiger partial charge in [-0.05, 0) is 29.8 Å². The van der Waals surface area contributed by atoms with Crippen LogP contribution in [0.25, 0.3) is 0 Å². The fraction of sp³-hybridized carbons (Fsp3) is 0.150. The van der Waals surface area contributed by atoms with Gasteiger partial charge in [0.15, 0.2) is 0 Å². The van der Waals surface area contributed by atoms with Crippen LogP contribution in [-0.2, 0) is 13.1 Å². The lowest BCUT2D eigenvalue weighted by Crippen LogP contribution is -2.24. The maximum Gasteiger partial charge on any atom is 0.270 e. The summed E-state index contributed by atoms with van der Waals surface area (Å²) in [5, 5.41) is 2.83. The van der Waals surface area contributed by atoms with Crippen molar-refractivity contribution in [3.05, 3.63) is 90.0 Å². The normalized spacial score (nSPS) is 10.3. The molecule has 25 heavy (non-hydrogen) atoms. The van der Waals surface area contributed by atoms with Crippen LogP contribution in [0.15, 0.2) is 73.1 Å². The van der Waals surface area contributed by atoms with Gasteiger partial charge in [-0.1, -0.05) is 36.4 Å². The minimum Gasteiger partial charge on any atom is -0.369 e. The first-order valence-corrected chi connectivity index (χ1v) is 8.11. The number of rotatable bonds is 6. The molecular weight excluding hydrogens is 312 g/mol. The van der Waals surface area contributed by atoms with Crippen molar-refractivity contribution in [2.45, 2.75) is 13.1 Å². The maximum atomic E-state index is 12.2. The topological polar surface area (TPSA) is 58.1 Å². The third-order valence-electron chi connectivity index (χ3n) is 3.84. The van der Waals surface area contributed by atoms with E-state index in [0.717, 1.165) is 17.9 Å².